The minimum atomic E-state index is -0.571. The third-order valence-corrected chi connectivity index (χ3v) is 6.07. The Morgan fingerprint density at radius 2 is 1.97 bits per heavy atom. The van der Waals surface area contributed by atoms with Gasteiger partial charge in [-0.25, -0.2) is 13.9 Å². The van der Waals surface area contributed by atoms with E-state index in [0.29, 0.717) is 23.3 Å². The van der Waals surface area contributed by atoms with Gasteiger partial charge in [0.25, 0.3) is 0 Å². The number of unbranched alkanes of at least 4 members (excludes halogenated alkanes) is 1. The molecule has 1 heterocycles. The van der Waals surface area contributed by atoms with Gasteiger partial charge in [0.1, 0.15) is 16.5 Å². The first-order valence-electron chi connectivity index (χ1n) is 11.2. The molecule has 0 aliphatic heterocycles. The first-order chi connectivity index (χ1) is 15.4. The van der Waals surface area contributed by atoms with Gasteiger partial charge in [-0.05, 0) is 43.9 Å². The number of hydrogen-bond acceptors (Lipinski definition) is 6. The van der Waals surface area contributed by atoms with Crippen LogP contribution >= 0.6 is 11.8 Å². The zero-order valence-electron chi connectivity index (χ0n) is 19.4. The Balaban J connectivity index is 2.06. The van der Waals surface area contributed by atoms with Crippen LogP contribution in [0.15, 0.2) is 29.3 Å². The molecule has 6 nitrogen and oxygen atoms in total. The summed E-state index contributed by atoms with van der Waals surface area (Å²) in [5.74, 6) is -0.465. The maximum atomic E-state index is 14.5. The number of carbonyl (C=O) groups is 2. The van der Waals surface area contributed by atoms with E-state index in [-0.39, 0.29) is 30.4 Å². The molecule has 0 fully saturated rings. The second kappa shape index (κ2) is 13.3. The summed E-state index contributed by atoms with van der Waals surface area (Å²) in [5, 5.41) is 4.82. The van der Waals surface area contributed by atoms with Crippen molar-refractivity contribution in [1.29, 1.82) is 0 Å². The Bertz CT molecular complexity index is 900. The summed E-state index contributed by atoms with van der Waals surface area (Å²) < 4.78 is 26.3. The van der Waals surface area contributed by atoms with Crippen LogP contribution in [0.2, 0.25) is 0 Å². The Kier molecular flexibility index (Phi) is 10.7. The van der Waals surface area contributed by atoms with Gasteiger partial charge in [0.15, 0.2) is 5.69 Å². The number of ether oxygens (including phenoxy) is 2. The lowest BCUT2D eigenvalue weighted by molar-refractivity contribution is -0.144. The van der Waals surface area contributed by atoms with Gasteiger partial charge in [-0.15, -0.1) is 11.8 Å². The Hall–Kier alpha value is -2.35. The van der Waals surface area contributed by atoms with Gasteiger partial charge in [-0.3, -0.25) is 4.79 Å². The second-order valence-corrected chi connectivity index (χ2v) is 8.77. The highest BCUT2D eigenvalue weighted by molar-refractivity contribution is 7.99. The van der Waals surface area contributed by atoms with E-state index in [2.05, 4.69) is 18.9 Å². The highest BCUT2D eigenvalue weighted by atomic mass is 32.2. The van der Waals surface area contributed by atoms with Gasteiger partial charge >= 0.3 is 11.9 Å². The van der Waals surface area contributed by atoms with Crippen LogP contribution in [0.4, 0.5) is 4.39 Å². The lowest BCUT2D eigenvalue weighted by Gasteiger charge is -2.14. The summed E-state index contributed by atoms with van der Waals surface area (Å²) in [4.78, 5) is 24.3. The maximum Gasteiger partial charge on any atom is 0.358 e. The molecule has 0 bridgehead atoms. The highest BCUT2D eigenvalue weighted by Crippen LogP contribution is 2.26. The molecular formula is C24H33FN2O4S. The van der Waals surface area contributed by atoms with Crippen molar-refractivity contribution < 1.29 is 23.5 Å². The summed E-state index contributed by atoms with van der Waals surface area (Å²) in [6, 6.07) is 6.26. The van der Waals surface area contributed by atoms with Crippen molar-refractivity contribution >= 4 is 23.7 Å². The Morgan fingerprint density at radius 1 is 1.19 bits per heavy atom. The van der Waals surface area contributed by atoms with Gasteiger partial charge in [0, 0.05) is 11.8 Å². The molecule has 0 saturated carbocycles. The van der Waals surface area contributed by atoms with Crippen molar-refractivity contribution in [3.05, 3.63) is 41.3 Å². The van der Waals surface area contributed by atoms with Crippen LogP contribution in [0.25, 0.3) is 5.69 Å². The lowest BCUT2D eigenvalue weighted by Crippen LogP contribution is -2.14. The fourth-order valence-electron chi connectivity index (χ4n) is 3.15. The molecule has 8 heteroatoms. The van der Waals surface area contributed by atoms with Crippen molar-refractivity contribution in [2.45, 2.75) is 64.8 Å². The van der Waals surface area contributed by atoms with E-state index in [1.807, 2.05) is 6.92 Å². The molecule has 32 heavy (non-hydrogen) atoms. The van der Waals surface area contributed by atoms with Crippen molar-refractivity contribution in [1.82, 2.24) is 9.78 Å². The topological polar surface area (TPSA) is 70.4 Å². The van der Waals surface area contributed by atoms with Crippen LogP contribution in [-0.2, 0) is 14.3 Å². The molecule has 1 atom stereocenters. The zero-order valence-corrected chi connectivity index (χ0v) is 20.2. The summed E-state index contributed by atoms with van der Waals surface area (Å²) in [5.41, 5.74) is 1.20. The largest absolute Gasteiger partial charge is 0.465 e. The molecule has 0 radical (unpaired) electrons. The molecule has 1 aromatic heterocycles. The molecule has 1 aromatic carbocycles. The summed E-state index contributed by atoms with van der Waals surface area (Å²) in [6.45, 7) is 8.48. The zero-order chi connectivity index (χ0) is 23.5. The average molecular weight is 465 g/mol. The van der Waals surface area contributed by atoms with Crippen molar-refractivity contribution in [3.63, 3.8) is 0 Å². The van der Waals surface area contributed by atoms with Crippen LogP contribution in [0, 0.1) is 18.7 Å². The Morgan fingerprint density at radius 3 is 2.66 bits per heavy atom. The standard InChI is InChI=1S/C24H33FN2O4S/c1-5-8-9-18(6-2)16-31-23(28)12-13-32-22-15-20(24(29)30-7-3)26-27(22)21-14-17(4)10-11-19(21)25/h10-11,14-15,18H,5-9,12-13,16H2,1-4H3. The van der Waals surface area contributed by atoms with Crippen LogP contribution in [0.5, 0.6) is 0 Å². The van der Waals surface area contributed by atoms with E-state index >= 15 is 0 Å². The van der Waals surface area contributed by atoms with Gasteiger partial charge in [0.2, 0.25) is 0 Å². The SMILES string of the molecule is CCCCC(CC)COC(=O)CCSc1cc(C(=O)OCC)nn1-c1cc(C)ccc1F. The van der Waals surface area contributed by atoms with E-state index in [4.69, 9.17) is 9.47 Å². The quantitative estimate of drug-likeness (QED) is 0.278. The fourth-order valence-corrected chi connectivity index (χ4v) is 4.08. The van der Waals surface area contributed by atoms with Crippen LogP contribution < -0.4 is 0 Å². The fraction of sp³-hybridized carbons (Fsp3) is 0.542. The van der Waals surface area contributed by atoms with Crippen LogP contribution in [-0.4, -0.2) is 40.7 Å². The number of halogens is 1. The number of aryl methyl sites for hydroxylation is 1. The lowest BCUT2D eigenvalue weighted by atomic mass is 10.0. The number of esters is 2. The van der Waals surface area contributed by atoms with Gasteiger partial charge in [-0.1, -0.05) is 39.2 Å². The number of hydrogen-bond donors (Lipinski definition) is 0. The molecule has 0 N–H and O–H groups in total. The van der Waals surface area contributed by atoms with Crippen molar-refractivity contribution in [2.75, 3.05) is 19.0 Å². The monoisotopic (exact) mass is 464 g/mol. The smallest absolute Gasteiger partial charge is 0.358 e. The molecule has 176 valence electrons. The van der Waals surface area contributed by atoms with Gasteiger partial charge < -0.3 is 9.47 Å². The molecular weight excluding hydrogens is 431 g/mol. The molecule has 0 aliphatic rings. The Labute approximate surface area is 193 Å². The summed E-state index contributed by atoms with van der Waals surface area (Å²) in [6.07, 6.45) is 4.52. The third kappa shape index (κ3) is 7.65. The highest BCUT2D eigenvalue weighted by Gasteiger charge is 2.19. The number of rotatable bonds is 13. The molecule has 1 unspecified atom stereocenters. The minimum absolute atomic E-state index is 0.0968. The average Bonchev–Trinajstić information content (AvgIpc) is 3.20. The van der Waals surface area contributed by atoms with Crippen LogP contribution in [0.3, 0.4) is 0 Å². The predicted octanol–water partition coefficient (Wildman–Crippen LogP) is 5.74. The molecule has 0 aliphatic carbocycles. The predicted molar refractivity (Wildman–Crippen MR) is 124 cm³/mol. The minimum Gasteiger partial charge on any atom is -0.465 e. The second-order valence-electron chi connectivity index (χ2n) is 7.65. The molecule has 0 saturated heterocycles. The van der Waals surface area contributed by atoms with Crippen LogP contribution in [0.1, 0.15) is 68.9 Å². The van der Waals surface area contributed by atoms with Crippen molar-refractivity contribution in [2.24, 2.45) is 5.92 Å². The van der Waals surface area contributed by atoms with E-state index in [1.165, 1.54) is 22.5 Å². The maximum absolute atomic E-state index is 14.5. The molecule has 2 rings (SSSR count). The third-order valence-electron chi connectivity index (χ3n) is 5.07. The van der Waals surface area contributed by atoms with E-state index in [0.717, 1.165) is 31.2 Å². The van der Waals surface area contributed by atoms with E-state index < -0.39 is 11.8 Å². The number of aromatic nitrogens is 2. The van der Waals surface area contributed by atoms with E-state index in [1.54, 1.807) is 25.1 Å². The number of thioether (sulfide) groups is 1. The number of nitrogens with zero attached hydrogens (tertiary/aromatic N) is 2. The van der Waals surface area contributed by atoms with Gasteiger partial charge in [-0.2, -0.15) is 5.10 Å². The molecule has 0 spiro atoms. The summed E-state index contributed by atoms with van der Waals surface area (Å²) >= 11 is 1.32. The first-order valence-corrected chi connectivity index (χ1v) is 12.2. The normalized spacial score (nSPS) is 11.9. The molecule has 0 amide bonds. The van der Waals surface area contributed by atoms with E-state index in [9.17, 15) is 14.0 Å². The van der Waals surface area contributed by atoms with Gasteiger partial charge in [0.05, 0.1) is 19.6 Å². The summed E-state index contributed by atoms with van der Waals surface area (Å²) in [7, 11) is 0. The first kappa shape index (κ1) is 25.9. The number of carbonyl (C=O) groups excluding carboxylic acids is 2. The van der Waals surface area contributed by atoms with Crippen molar-refractivity contribution in [3.8, 4) is 5.69 Å². The number of benzene rings is 1. The molecule has 2 aromatic rings.